The zero-order valence-electron chi connectivity index (χ0n) is 21.1. The van der Waals surface area contributed by atoms with E-state index >= 15 is 0 Å². The summed E-state index contributed by atoms with van der Waals surface area (Å²) in [6, 6.07) is 21.0. The quantitative estimate of drug-likeness (QED) is 0.266. The molecular formula is C29H28FN5O2S. The fourth-order valence-electron chi connectivity index (χ4n) is 5.74. The monoisotopic (exact) mass is 529 g/mol. The number of carbonyl (C=O) groups is 1. The lowest BCUT2D eigenvalue weighted by molar-refractivity contribution is -0.0280. The summed E-state index contributed by atoms with van der Waals surface area (Å²) in [4.78, 5) is 17.3. The molecule has 3 aromatic carbocycles. The highest BCUT2D eigenvalue weighted by Crippen LogP contribution is 2.64. The molecule has 38 heavy (non-hydrogen) atoms. The average molecular weight is 530 g/mol. The fraction of sp³-hybridized carbons (Fsp3) is 0.241. The molecule has 2 bridgehead atoms. The zero-order chi connectivity index (χ0) is 26.5. The molecule has 9 heteroatoms. The van der Waals surface area contributed by atoms with Crippen LogP contribution in [0.25, 0.3) is 10.9 Å². The van der Waals surface area contributed by atoms with E-state index in [9.17, 15) is 13.4 Å². The first-order valence-corrected chi connectivity index (χ1v) is 14.7. The second kappa shape index (κ2) is 8.80. The number of hydrogen-bond donors (Lipinski definition) is 3. The Labute approximate surface area is 221 Å². The van der Waals surface area contributed by atoms with Gasteiger partial charge in [0.2, 0.25) is 0 Å². The molecule has 1 heterocycles. The number of fused-ring (bicyclic) bond motifs is 1. The van der Waals surface area contributed by atoms with Gasteiger partial charge in [0.15, 0.2) is 0 Å². The maximum atomic E-state index is 13.8. The van der Waals surface area contributed by atoms with Crippen molar-refractivity contribution in [3.05, 3.63) is 90.4 Å². The van der Waals surface area contributed by atoms with Gasteiger partial charge in [0, 0.05) is 67.7 Å². The van der Waals surface area contributed by atoms with Gasteiger partial charge in [-0.2, -0.15) is 0 Å². The summed E-state index contributed by atoms with van der Waals surface area (Å²) in [7, 11) is -2.11. The number of halogens is 1. The summed E-state index contributed by atoms with van der Waals surface area (Å²) in [6.45, 7) is 0. The molecule has 0 unspecified atom stereocenters. The molecule has 4 aromatic rings. The molecule has 0 spiro atoms. The largest absolute Gasteiger partial charge is 0.379 e. The molecule has 0 atom stereocenters. The highest BCUT2D eigenvalue weighted by Gasteiger charge is 2.69. The maximum Gasteiger partial charge on any atom is 0.255 e. The third-order valence-electron chi connectivity index (χ3n) is 7.05. The predicted octanol–water partition coefficient (Wildman–Crippen LogP) is 6.18. The van der Waals surface area contributed by atoms with Gasteiger partial charge in [0.05, 0.1) is 11.1 Å². The maximum absolute atomic E-state index is 13.8. The molecule has 194 valence electrons. The lowest BCUT2D eigenvalue weighted by Gasteiger charge is -2.68. The first-order chi connectivity index (χ1) is 18.1. The number of anilines is 4. The van der Waals surface area contributed by atoms with Crippen LogP contribution in [0.3, 0.4) is 0 Å². The molecule has 7 nitrogen and oxygen atoms in total. The van der Waals surface area contributed by atoms with Gasteiger partial charge in [0.1, 0.15) is 5.82 Å². The molecule has 3 fully saturated rings. The van der Waals surface area contributed by atoms with Crippen LogP contribution in [0.2, 0.25) is 0 Å². The minimum absolute atomic E-state index is 0.00311. The Kier molecular flexibility index (Phi) is 5.64. The van der Waals surface area contributed by atoms with Crippen LogP contribution in [0.4, 0.5) is 27.1 Å². The number of amides is 1. The number of rotatable bonds is 7. The molecule has 3 saturated carbocycles. The van der Waals surface area contributed by atoms with E-state index in [0.717, 1.165) is 24.9 Å². The van der Waals surface area contributed by atoms with Crippen molar-refractivity contribution in [1.82, 2.24) is 4.98 Å². The van der Waals surface area contributed by atoms with Crippen LogP contribution in [0.1, 0.15) is 29.6 Å². The van der Waals surface area contributed by atoms with Crippen molar-refractivity contribution in [2.24, 2.45) is 4.36 Å². The smallest absolute Gasteiger partial charge is 0.255 e. The first kappa shape index (κ1) is 24.4. The van der Waals surface area contributed by atoms with Crippen LogP contribution in [0.5, 0.6) is 0 Å². The van der Waals surface area contributed by atoms with Crippen molar-refractivity contribution in [1.29, 1.82) is 0 Å². The summed E-state index contributed by atoms with van der Waals surface area (Å²) in [6.07, 6.45) is 7.69. The number of pyridine rings is 1. The minimum Gasteiger partial charge on any atom is -0.379 e. The number of aromatic nitrogens is 1. The second-order valence-corrected chi connectivity index (χ2v) is 13.2. The summed E-state index contributed by atoms with van der Waals surface area (Å²) >= 11 is 0. The molecule has 0 radical (unpaired) electrons. The number of nitrogens with one attached hydrogen (secondary N) is 3. The van der Waals surface area contributed by atoms with E-state index in [0.29, 0.717) is 33.5 Å². The van der Waals surface area contributed by atoms with Gasteiger partial charge >= 0.3 is 0 Å². The van der Waals surface area contributed by atoms with Gasteiger partial charge < -0.3 is 16.0 Å². The standard InChI is InChI=1S/C29H28FN5O2S/c1-38(2,37)35-29-16-28(17-29,18-29)34-23-8-4-7-22(15-23)33-27(36)19-5-3-6-21(13-19)32-26-11-12-31-25-10-9-20(30)14-24(25)26/h3-15,34H,16-18H2,1-2H3,(H,31,32)(H,33,36). The summed E-state index contributed by atoms with van der Waals surface area (Å²) < 4.78 is 30.4. The third kappa shape index (κ3) is 4.81. The fourth-order valence-corrected chi connectivity index (χ4v) is 6.86. The van der Waals surface area contributed by atoms with Crippen molar-refractivity contribution in [2.45, 2.75) is 30.3 Å². The SMILES string of the molecule is CS(C)(=O)=NC12CC(Nc3cccc(NC(=O)c4cccc(Nc5ccnc6ccc(F)cc56)c4)c3)(C1)C2. The van der Waals surface area contributed by atoms with Crippen molar-refractivity contribution >= 4 is 49.3 Å². The average Bonchev–Trinajstić information content (AvgIpc) is 2.82. The van der Waals surface area contributed by atoms with E-state index in [-0.39, 0.29) is 22.8 Å². The third-order valence-corrected chi connectivity index (χ3v) is 7.88. The summed E-state index contributed by atoms with van der Waals surface area (Å²) in [5.41, 5.74) is 4.06. The van der Waals surface area contributed by atoms with E-state index < -0.39 is 9.73 Å². The lowest BCUT2D eigenvalue weighted by Crippen LogP contribution is -2.74. The summed E-state index contributed by atoms with van der Waals surface area (Å²) in [5, 5.41) is 10.5. The van der Waals surface area contributed by atoms with E-state index in [1.807, 2.05) is 30.3 Å². The molecule has 3 N–H and O–H groups in total. The van der Waals surface area contributed by atoms with Crippen molar-refractivity contribution in [3.63, 3.8) is 0 Å². The Morgan fingerprint density at radius 3 is 2.47 bits per heavy atom. The Morgan fingerprint density at radius 2 is 1.68 bits per heavy atom. The topological polar surface area (TPSA) is 95.5 Å². The van der Waals surface area contributed by atoms with E-state index in [2.05, 4.69) is 25.3 Å². The Balaban J connectivity index is 1.13. The van der Waals surface area contributed by atoms with Gasteiger partial charge in [-0.3, -0.25) is 14.0 Å². The summed E-state index contributed by atoms with van der Waals surface area (Å²) in [5.74, 6) is -0.574. The number of hydrogen-bond acceptors (Lipinski definition) is 6. The van der Waals surface area contributed by atoms with Crippen LogP contribution >= 0.6 is 0 Å². The van der Waals surface area contributed by atoms with Crippen molar-refractivity contribution in [3.8, 4) is 0 Å². The molecule has 0 saturated heterocycles. The van der Waals surface area contributed by atoms with E-state index in [1.165, 1.54) is 12.1 Å². The Morgan fingerprint density at radius 1 is 0.947 bits per heavy atom. The molecular weight excluding hydrogens is 501 g/mol. The Bertz CT molecular complexity index is 1680. The van der Waals surface area contributed by atoms with Crippen LogP contribution in [0, 0.1) is 5.82 Å². The molecule has 0 aliphatic heterocycles. The number of nitrogens with zero attached hydrogens (tertiary/aromatic N) is 2. The predicted molar refractivity (Wildman–Crippen MR) is 151 cm³/mol. The second-order valence-electron chi connectivity index (χ2n) is 10.7. The molecule has 3 aliphatic carbocycles. The normalized spacial score (nSPS) is 21.7. The van der Waals surface area contributed by atoms with Gasteiger partial charge in [-0.1, -0.05) is 12.1 Å². The zero-order valence-corrected chi connectivity index (χ0v) is 21.9. The van der Waals surface area contributed by atoms with Gasteiger partial charge in [-0.15, -0.1) is 0 Å². The Hall–Kier alpha value is -3.98. The first-order valence-electron chi connectivity index (χ1n) is 12.4. The van der Waals surface area contributed by atoms with Gasteiger partial charge in [0.25, 0.3) is 5.91 Å². The van der Waals surface area contributed by atoms with Crippen LogP contribution in [-0.4, -0.2) is 38.7 Å². The van der Waals surface area contributed by atoms with Gasteiger partial charge in [-0.05, 0) is 79.9 Å². The van der Waals surface area contributed by atoms with E-state index in [1.54, 1.807) is 49.0 Å². The lowest BCUT2D eigenvalue weighted by atomic mass is 9.44. The number of carbonyl (C=O) groups excluding carboxylic acids is 1. The van der Waals surface area contributed by atoms with Crippen molar-refractivity contribution < 1.29 is 13.4 Å². The minimum atomic E-state index is -2.11. The number of benzene rings is 3. The van der Waals surface area contributed by atoms with Crippen LogP contribution in [0.15, 0.2) is 83.4 Å². The van der Waals surface area contributed by atoms with E-state index in [4.69, 9.17) is 0 Å². The van der Waals surface area contributed by atoms with Crippen LogP contribution < -0.4 is 16.0 Å². The van der Waals surface area contributed by atoms with Crippen LogP contribution in [-0.2, 0) is 9.73 Å². The van der Waals surface area contributed by atoms with Crippen molar-refractivity contribution in [2.75, 3.05) is 28.5 Å². The molecule has 1 amide bonds. The molecule has 7 rings (SSSR count). The highest BCUT2D eigenvalue weighted by atomic mass is 32.2. The highest BCUT2D eigenvalue weighted by molar-refractivity contribution is 7.92. The van der Waals surface area contributed by atoms with Gasteiger partial charge in [-0.25, -0.2) is 8.75 Å². The molecule has 1 aromatic heterocycles. The molecule has 3 aliphatic rings.